The summed E-state index contributed by atoms with van der Waals surface area (Å²) >= 11 is 0. The zero-order valence-corrected chi connectivity index (χ0v) is 13.4. The Morgan fingerprint density at radius 2 is 1.91 bits per heavy atom. The minimum Gasteiger partial charge on any atom is -0.496 e. The van der Waals surface area contributed by atoms with Crippen LogP contribution in [0.25, 0.3) is 0 Å². The fourth-order valence-electron chi connectivity index (χ4n) is 2.14. The molecule has 1 saturated carbocycles. The van der Waals surface area contributed by atoms with Gasteiger partial charge in [-0.2, -0.15) is 0 Å². The van der Waals surface area contributed by atoms with Gasteiger partial charge in [0.05, 0.1) is 7.11 Å². The number of nitrogens with one attached hydrogen (secondary N) is 2. The van der Waals surface area contributed by atoms with E-state index in [1.807, 2.05) is 24.3 Å². The van der Waals surface area contributed by atoms with Crippen molar-refractivity contribution in [2.75, 3.05) is 13.7 Å². The number of hydrogen-bond acceptors (Lipinski definition) is 3. The van der Waals surface area contributed by atoms with Crippen molar-refractivity contribution in [2.24, 2.45) is 5.41 Å². The molecule has 0 saturated heterocycles. The number of carbonyl (C=O) groups excluding carboxylic acids is 2. The first-order chi connectivity index (χ1) is 10.4. The Balaban J connectivity index is 1.84. The van der Waals surface area contributed by atoms with E-state index in [0.717, 1.165) is 24.2 Å². The Kier molecular flexibility index (Phi) is 5.06. The first-order valence-electron chi connectivity index (χ1n) is 7.66. The van der Waals surface area contributed by atoms with Crippen molar-refractivity contribution in [1.82, 2.24) is 10.6 Å². The maximum Gasteiger partial charge on any atom is 0.235 e. The van der Waals surface area contributed by atoms with E-state index in [2.05, 4.69) is 10.6 Å². The van der Waals surface area contributed by atoms with Crippen LogP contribution in [0, 0.1) is 5.41 Å². The molecule has 0 aliphatic heterocycles. The highest BCUT2D eigenvalue weighted by Gasteiger charge is 2.38. The summed E-state index contributed by atoms with van der Waals surface area (Å²) in [5, 5.41) is 5.72. The van der Waals surface area contributed by atoms with E-state index in [0.29, 0.717) is 13.0 Å². The summed E-state index contributed by atoms with van der Waals surface area (Å²) < 4.78 is 5.28. The molecule has 0 atom stereocenters. The molecule has 0 radical (unpaired) electrons. The minimum absolute atomic E-state index is 0.204. The van der Waals surface area contributed by atoms with Crippen LogP contribution in [0.2, 0.25) is 0 Å². The minimum atomic E-state index is -1.05. The topological polar surface area (TPSA) is 67.4 Å². The highest BCUT2D eigenvalue weighted by Crippen LogP contribution is 2.23. The van der Waals surface area contributed by atoms with Gasteiger partial charge in [-0.25, -0.2) is 0 Å². The van der Waals surface area contributed by atoms with Gasteiger partial charge in [-0.3, -0.25) is 9.59 Å². The number of benzene rings is 1. The summed E-state index contributed by atoms with van der Waals surface area (Å²) in [6.45, 7) is 3.78. The van der Waals surface area contributed by atoms with Gasteiger partial charge in [-0.1, -0.05) is 18.2 Å². The van der Waals surface area contributed by atoms with Crippen molar-refractivity contribution in [3.8, 4) is 5.75 Å². The highest BCUT2D eigenvalue weighted by atomic mass is 16.5. The third-order valence-corrected chi connectivity index (χ3v) is 3.92. The molecule has 5 heteroatoms. The van der Waals surface area contributed by atoms with Crippen molar-refractivity contribution < 1.29 is 14.3 Å². The molecule has 0 unspecified atom stereocenters. The molecule has 2 amide bonds. The van der Waals surface area contributed by atoms with Crippen molar-refractivity contribution in [1.29, 1.82) is 0 Å². The summed E-state index contributed by atoms with van der Waals surface area (Å²) in [4.78, 5) is 24.3. The van der Waals surface area contributed by atoms with Gasteiger partial charge in [-0.05, 0) is 44.7 Å². The normalized spacial score (nSPS) is 14.3. The molecule has 2 rings (SSSR count). The third-order valence-electron chi connectivity index (χ3n) is 3.92. The van der Waals surface area contributed by atoms with Crippen LogP contribution >= 0.6 is 0 Å². The Labute approximate surface area is 131 Å². The standard InChI is InChI=1S/C17H24N2O3/c1-17(2,16(21)19-13-8-9-13)15(20)18-11-10-12-6-4-5-7-14(12)22-3/h4-7,13H,8-11H2,1-3H3,(H,18,20)(H,19,21). The number of carbonyl (C=O) groups is 2. The molecule has 0 bridgehead atoms. The second kappa shape index (κ2) is 6.81. The van der Waals surface area contributed by atoms with Crippen LogP contribution in [0.3, 0.4) is 0 Å². The maximum absolute atomic E-state index is 12.2. The lowest BCUT2D eigenvalue weighted by molar-refractivity contribution is -0.141. The highest BCUT2D eigenvalue weighted by molar-refractivity contribution is 6.04. The fraction of sp³-hybridized carbons (Fsp3) is 0.529. The van der Waals surface area contributed by atoms with E-state index < -0.39 is 5.41 Å². The van der Waals surface area contributed by atoms with Crippen LogP contribution < -0.4 is 15.4 Å². The van der Waals surface area contributed by atoms with Gasteiger partial charge in [0.1, 0.15) is 11.2 Å². The molecule has 0 aromatic heterocycles. The molecule has 1 aliphatic carbocycles. The second-order valence-corrected chi connectivity index (χ2v) is 6.19. The predicted molar refractivity (Wildman–Crippen MR) is 84.7 cm³/mol. The Hall–Kier alpha value is -2.04. The summed E-state index contributed by atoms with van der Waals surface area (Å²) in [6, 6.07) is 7.96. The van der Waals surface area contributed by atoms with Crippen LogP contribution in [0.5, 0.6) is 5.75 Å². The number of ether oxygens (including phenoxy) is 1. The zero-order chi connectivity index (χ0) is 16.2. The molecule has 1 fully saturated rings. The van der Waals surface area contributed by atoms with E-state index in [1.165, 1.54) is 0 Å². The summed E-state index contributed by atoms with van der Waals surface area (Å²) in [6.07, 6.45) is 2.69. The molecular formula is C17H24N2O3. The average molecular weight is 304 g/mol. The van der Waals surface area contributed by atoms with Gasteiger partial charge in [0.2, 0.25) is 11.8 Å². The van der Waals surface area contributed by atoms with Crippen LogP contribution in [0.4, 0.5) is 0 Å². The van der Waals surface area contributed by atoms with Crippen LogP contribution in [0.15, 0.2) is 24.3 Å². The lowest BCUT2D eigenvalue weighted by atomic mass is 9.91. The number of para-hydroxylation sites is 1. The molecular weight excluding hydrogens is 280 g/mol. The Morgan fingerprint density at radius 1 is 1.23 bits per heavy atom. The Bertz CT molecular complexity index is 551. The monoisotopic (exact) mass is 304 g/mol. The number of hydrogen-bond donors (Lipinski definition) is 2. The smallest absolute Gasteiger partial charge is 0.235 e. The lowest BCUT2D eigenvalue weighted by Gasteiger charge is -2.22. The molecule has 22 heavy (non-hydrogen) atoms. The van der Waals surface area contributed by atoms with Gasteiger partial charge < -0.3 is 15.4 Å². The van der Waals surface area contributed by atoms with Crippen LogP contribution in [-0.2, 0) is 16.0 Å². The molecule has 1 aromatic rings. The fourth-order valence-corrected chi connectivity index (χ4v) is 2.14. The van der Waals surface area contributed by atoms with E-state index in [9.17, 15) is 9.59 Å². The van der Waals surface area contributed by atoms with E-state index in [4.69, 9.17) is 4.74 Å². The number of methoxy groups -OCH3 is 1. The van der Waals surface area contributed by atoms with Crippen molar-refractivity contribution in [3.63, 3.8) is 0 Å². The van der Waals surface area contributed by atoms with Gasteiger partial charge in [-0.15, -0.1) is 0 Å². The maximum atomic E-state index is 12.2. The van der Waals surface area contributed by atoms with Crippen molar-refractivity contribution in [2.45, 2.75) is 39.2 Å². The third kappa shape index (κ3) is 4.00. The summed E-state index contributed by atoms with van der Waals surface area (Å²) in [5.41, 5.74) is -0.0193. The second-order valence-electron chi connectivity index (χ2n) is 6.19. The van der Waals surface area contributed by atoms with Crippen LogP contribution in [0.1, 0.15) is 32.3 Å². The largest absolute Gasteiger partial charge is 0.496 e. The molecule has 1 aromatic carbocycles. The quantitative estimate of drug-likeness (QED) is 0.753. The SMILES string of the molecule is COc1ccccc1CCNC(=O)C(C)(C)C(=O)NC1CC1. The average Bonchev–Trinajstić information content (AvgIpc) is 3.31. The van der Waals surface area contributed by atoms with Gasteiger partial charge in [0.25, 0.3) is 0 Å². The molecule has 5 nitrogen and oxygen atoms in total. The predicted octanol–water partition coefficient (Wildman–Crippen LogP) is 1.66. The zero-order valence-electron chi connectivity index (χ0n) is 13.4. The summed E-state index contributed by atoms with van der Waals surface area (Å²) in [7, 11) is 1.63. The molecule has 0 heterocycles. The first-order valence-corrected chi connectivity index (χ1v) is 7.66. The Morgan fingerprint density at radius 3 is 2.55 bits per heavy atom. The van der Waals surface area contributed by atoms with E-state index in [1.54, 1.807) is 21.0 Å². The van der Waals surface area contributed by atoms with Crippen molar-refractivity contribution >= 4 is 11.8 Å². The number of rotatable bonds is 7. The van der Waals surface area contributed by atoms with Gasteiger partial charge >= 0.3 is 0 Å². The first kappa shape index (κ1) is 16.3. The van der Waals surface area contributed by atoms with Gasteiger partial charge in [0, 0.05) is 12.6 Å². The van der Waals surface area contributed by atoms with Gasteiger partial charge in [0.15, 0.2) is 0 Å². The van der Waals surface area contributed by atoms with Crippen LogP contribution in [-0.4, -0.2) is 31.5 Å². The van der Waals surface area contributed by atoms with E-state index in [-0.39, 0.29) is 17.9 Å². The molecule has 0 spiro atoms. The summed E-state index contributed by atoms with van der Waals surface area (Å²) in [5.74, 6) is 0.354. The van der Waals surface area contributed by atoms with Crippen molar-refractivity contribution in [3.05, 3.63) is 29.8 Å². The number of amides is 2. The lowest BCUT2D eigenvalue weighted by Crippen LogP contribution is -2.48. The molecule has 1 aliphatic rings. The molecule has 2 N–H and O–H groups in total. The molecule has 120 valence electrons. The van der Waals surface area contributed by atoms with E-state index >= 15 is 0 Å².